The number of nitriles is 1. The van der Waals surface area contributed by atoms with Crippen LogP contribution in [0.2, 0.25) is 0 Å². The van der Waals surface area contributed by atoms with Crippen LogP contribution >= 0.6 is 0 Å². The van der Waals surface area contributed by atoms with Crippen LogP contribution in [-0.2, 0) is 10.8 Å². The van der Waals surface area contributed by atoms with Crippen molar-refractivity contribution in [1.82, 2.24) is 9.38 Å². The zero-order valence-corrected chi connectivity index (χ0v) is 28.6. The van der Waals surface area contributed by atoms with Gasteiger partial charge in [-0.05, 0) is 145 Å². The van der Waals surface area contributed by atoms with E-state index in [2.05, 4.69) is 94.6 Å². The minimum Gasteiger partial charge on any atom is -0.306 e. The van der Waals surface area contributed by atoms with Gasteiger partial charge in [-0.3, -0.25) is 4.98 Å². The lowest BCUT2D eigenvalue weighted by atomic mass is 9.64. The zero-order chi connectivity index (χ0) is 31.9. The van der Waals surface area contributed by atoms with Gasteiger partial charge in [0.2, 0.25) is 0 Å². The lowest BCUT2D eigenvalue weighted by molar-refractivity contribution is 0.166. The number of benzene rings is 3. The van der Waals surface area contributed by atoms with E-state index in [1.54, 1.807) is 5.56 Å². The van der Waals surface area contributed by atoms with E-state index in [0.29, 0.717) is 11.8 Å². The monoisotopic (exact) mass is 613 g/mol. The van der Waals surface area contributed by atoms with Crippen molar-refractivity contribution in [3.05, 3.63) is 81.7 Å². The van der Waals surface area contributed by atoms with Crippen molar-refractivity contribution >= 4 is 38.1 Å². The minimum absolute atomic E-state index is 0.0587. The number of aryl methyl sites for hydroxylation is 2. The summed E-state index contributed by atoms with van der Waals surface area (Å²) in [5.41, 5.74) is 16.1. The van der Waals surface area contributed by atoms with Crippen LogP contribution in [0.1, 0.15) is 124 Å². The first kappa shape index (κ1) is 27.1. The van der Waals surface area contributed by atoms with Crippen LogP contribution in [0.25, 0.3) is 49.2 Å². The molecule has 0 aliphatic heterocycles. The fourth-order valence-electron chi connectivity index (χ4n) is 13.0. The molecule has 0 spiro atoms. The van der Waals surface area contributed by atoms with Gasteiger partial charge in [0.15, 0.2) is 0 Å². The third kappa shape index (κ3) is 2.85. The van der Waals surface area contributed by atoms with Crippen LogP contribution in [-0.4, -0.2) is 9.38 Å². The highest BCUT2D eigenvalue weighted by atomic mass is 14.9. The van der Waals surface area contributed by atoms with Gasteiger partial charge in [0, 0.05) is 32.4 Å². The molecule has 6 aliphatic rings. The van der Waals surface area contributed by atoms with Crippen molar-refractivity contribution in [2.24, 2.45) is 17.3 Å². The highest BCUT2D eigenvalue weighted by molar-refractivity contribution is 6.26. The SMILES string of the molecule is Cc1cccc(C)c1-c1cc2c3c4c(c(C#N)cc3n3c5cnc6c(c5c(c1)c23)C1(C)CCC6(C)C1(C)C)C1CC2CC(C1)CC4C2. The third-order valence-corrected chi connectivity index (χ3v) is 15.6. The highest BCUT2D eigenvalue weighted by Gasteiger charge is 2.67. The van der Waals surface area contributed by atoms with Crippen LogP contribution in [0.5, 0.6) is 0 Å². The van der Waals surface area contributed by atoms with Gasteiger partial charge < -0.3 is 4.40 Å². The van der Waals surface area contributed by atoms with Gasteiger partial charge in [0.05, 0.1) is 40.1 Å². The van der Waals surface area contributed by atoms with Crippen molar-refractivity contribution in [1.29, 1.82) is 5.26 Å². The second-order valence-corrected chi connectivity index (χ2v) is 17.6. The average Bonchev–Trinajstić information content (AvgIpc) is 3.60. The first-order valence-electron chi connectivity index (χ1n) is 18.3. The molecule has 3 aromatic heterocycles. The summed E-state index contributed by atoms with van der Waals surface area (Å²) in [5, 5.41) is 16.4. The van der Waals surface area contributed by atoms with E-state index in [1.165, 1.54) is 122 Å². The molecule has 3 saturated carbocycles. The Hall–Kier alpha value is -3.90. The average molecular weight is 614 g/mol. The highest BCUT2D eigenvalue weighted by Crippen LogP contribution is 2.71. The normalized spacial score (nSPS) is 31.3. The quantitative estimate of drug-likeness (QED) is 0.185. The van der Waals surface area contributed by atoms with E-state index >= 15 is 0 Å². The molecule has 3 fully saturated rings. The summed E-state index contributed by atoms with van der Waals surface area (Å²) in [5.74, 6) is 2.69. The Morgan fingerprint density at radius 2 is 1.43 bits per heavy atom. The topological polar surface area (TPSA) is 41.1 Å². The summed E-state index contributed by atoms with van der Waals surface area (Å²) in [6.45, 7) is 14.6. The summed E-state index contributed by atoms with van der Waals surface area (Å²) < 4.78 is 2.55. The largest absolute Gasteiger partial charge is 0.306 e. The predicted octanol–water partition coefficient (Wildman–Crippen LogP) is 11.1. The number of rotatable bonds is 1. The van der Waals surface area contributed by atoms with E-state index in [-0.39, 0.29) is 16.2 Å². The van der Waals surface area contributed by atoms with E-state index in [9.17, 15) is 5.26 Å². The molecule has 6 aromatic rings. The fraction of sp³-hybridized carbons (Fsp3) is 0.455. The maximum absolute atomic E-state index is 10.8. The first-order chi connectivity index (χ1) is 22.6. The predicted molar refractivity (Wildman–Crippen MR) is 192 cm³/mol. The number of aromatic nitrogens is 2. The molecule has 4 unspecified atom stereocenters. The van der Waals surface area contributed by atoms with Crippen LogP contribution < -0.4 is 0 Å². The molecule has 3 aromatic carbocycles. The van der Waals surface area contributed by atoms with Gasteiger partial charge in [-0.15, -0.1) is 0 Å². The second-order valence-electron chi connectivity index (χ2n) is 17.6. The Morgan fingerprint density at radius 1 is 0.787 bits per heavy atom. The van der Waals surface area contributed by atoms with Crippen molar-refractivity contribution in [2.75, 3.05) is 0 Å². The van der Waals surface area contributed by atoms with Gasteiger partial charge in [-0.1, -0.05) is 45.9 Å². The molecule has 12 rings (SSSR count). The molecule has 6 bridgehead atoms. The van der Waals surface area contributed by atoms with Gasteiger partial charge in [-0.2, -0.15) is 5.26 Å². The maximum Gasteiger partial charge on any atom is 0.0995 e. The minimum atomic E-state index is 0.0587. The summed E-state index contributed by atoms with van der Waals surface area (Å²) in [7, 11) is 0. The van der Waals surface area contributed by atoms with E-state index < -0.39 is 0 Å². The van der Waals surface area contributed by atoms with Crippen LogP contribution in [0, 0.1) is 42.4 Å². The summed E-state index contributed by atoms with van der Waals surface area (Å²) in [6, 6.07) is 16.9. The molecule has 4 atom stereocenters. The summed E-state index contributed by atoms with van der Waals surface area (Å²) >= 11 is 0. The number of pyridine rings is 1. The molecule has 0 saturated heterocycles. The number of hydrogen-bond acceptors (Lipinski definition) is 2. The van der Waals surface area contributed by atoms with E-state index in [4.69, 9.17) is 4.98 Å². The van der Waals surface area contributed by atoms with E-state index in [0.717, 1.165) is 17.4 Å². The molecular weight excluding hydrogens is 571 g/mol. The van der Waals surface area contributed by atoms with Crippen molar-refractivity contribution in [3.8, 4) is 17.2 Å². The van der Waals surface area contributed by atoms with Crippen molar-refractivity contribution in [3.63, 3.8) is 0 Å². The lowest BCUT2D eigenvalue weighted by Crippen LogP contribution is -2.37. The number of nitrogens with zero attached hydrogens (tertiary/aromatic N) is 3. The molecule has 47 heavy (non-hydrogen) atoms. The Balaban J connectivity index is 1.37. The second kappa shape index (κ2) is 8.20. The Labute approximate surface area is 277 Å². The molecular formula is C44H43N3. The first-order valence-corrected chi connectivity index (χ1v) is 18.3. The molecule has 3 nitrogen and oxygen atoms in total. The van der Waals surface area contributed by atoms with Crippen LogP contribution in [0.3, 0.4) is 0 Å². The van der Waals surface area contributed by atoms with Gasteiger partial charge >= 0.3 is 0 Å². The number of fused-ring (bicyclic) bond motifs is 12. The van der Waals surface area contributed by atoms with Crippen LogP contribution in [0.15, 0.2) is 42.6 Å². The molecule has 6 aliphatic carbocycles. The molecule has 3 heterocycles. The number of hydrogen-bond donors (Lipinski definition) is 0. The van der Waals surface area contributed by atoms with Gasteiger partial charge in [0.25, 0.3) is 0 Å². The summed E-state index contributed by atoms with van der Waals surface area (Å²) in [6.07, 6.45) is 11.1. The van der Waals surface area contributed by atoms with Crippen molar-refractivity contribution in [2.45, 2.75) is 109 Å². The Kier molecular flexibility index (Phi) is 4.73. The van der Waals surface area contributed by atoms with Crippen molar-refractivity contribution < 1.29 is 0 Å². The fourth-order valence-corrected chi connectivity index (χ4v) is 13.0. The standard InChI is InChI=1S/C44H43N3/c1-22-8-7-9-23(2)34(22)28-17-30-37-32(19-29(20-45)35-26-13-24-12-25(14-26)16-27(15-24)36(35)37)47-33-21-46-41-39(38(33)31(18-28)40(30)47)43(5)10-11-44(41,6)42(43,3)4/h7-9,17-19,21,24-27H,10-16H2,1-6H3. The molecule has 0 radical (unpaired) electrons. The molecule has 0 amide bonds. The molecule has 3 heteroatoms. The van der Waals surface area contributed by atoms with E-state index in [1.807, 2.05) is 0 Å². The van der Waals surface area contributed by atoms with Gasteiger partial charge in [-0.25, -0.2) is 0 Å². The maximum atomic E-state index is 10.8. The molecule has 234 valence electrons. The Morgan fingerprint density at radius 3 is 2.11 bits per heavy atom. The smallest absolute Gasteiger partial charge is 0.0995 e. The summed E-state index contributed by atoms with van der Waals surface area (Å²) in [4.78, 5) is 5.42. The Bertz CT molecular complexity index is 2430. The lowest BCUT2D eigenvalue weighted by Gasteiger charge is -2.39. The van der Waals surface area contributed by atoms with Crippen LogP contribution in [0.4, 0.5) is 0 Å². The zero-order valence-electron chi connectivity index (χ0n) is 28.6. The third-order valence-electron chi connectivity index (χ3n) is 15.6. The van der Waals surface area contributed by atoms with Gasteiger partial charge in [0.1, 0.15) is 0 Å². The molecule has 0 N–H and O–H groups in total.